The Morgan fingerprint density at radius 2 is 1.74 bits per heavy atom. The summed E-state index contributed by atoms with van der Waals surface area (Å²) in [4.78, 5) is 13.6. The molecule has 1 amide bonds. The molecule has 0 aliphatic rings. The number of nitrogens with zero attached hydrogens (tertiary/aromatic N) is 1. The molecule has 27 heavy (non-hydrogen) atoms. The molecule has 0 saturated carbocycles. The van der Waals surface area contributed by atoms with Crippen molar-refractivity contribution in [2.45, 2.75) is 77.9 Å². The van der Waals surface area contributed by atoms with Gasteiger partial charge in [0, 0.05) is 13.2 Å². The van der Waals surface area contributed by atoms with Crippen molar-refractivity contribution in [3.8, 4) is 0 Å². The van der Waals surface area contributed by atoms with E-state index in [0.29, 0.717) is 13.0 Å². The van der Waals surface area contributed by atoms with Gasteiger partial charge in [0.2, 0.25) is 0 Å². The van der Waals surface area contributed by atoms with E-state index < -0.39 is 14.4 Å². The van der Waals surface area contributed by atoms with Crippen LogP contribution in [0.1, 0.15) is 46.6 Å². The van der Waals surface area contributed by atoms with E-state index in [1.165, 1.54) is 4.90 Å². The molecule has 0 bridgehead atoms. The van der Waals surface area contributed by atoms with Crippen LogP contribution in [0.15, 0.2) is 30.3 Å². The zero-order valence-corrected chi connectivity index (χ0v) is 18.9. The van der Waals surface area contributed by atoms with Crippen LogP contribution in [0.5, 0.6) is 0 Å². The lowest BCUT2D eigenvalue weighted by Crippen LogP contribution is -2.55. The minimum Gasteiger partial charge on any atom is -0.465 e. The van der Waals surface area contributed by atoms with E-state index in [-0.39, 0.29) is 29.7 Å². The van der Waals surface area contributed by atoms with E-state index in [0.717, 1.165) is 5.56 Å². The molecule has 2 atom stereocenters. The Kier molecular flexibility index (Phi) is 8.51. The van der Waals surface area contributed by atoms with Gasteiger partial charge in [0.1, 0.15) is 0 Å². The summed E-state index contributed by atoms with van der Waals surface area (Å²) in [6.45, 7) is 15.1. The van der Waals surface area contributed by atoms with Crippen molar-refractivity contribution in [3.63, 3.8) is 0 Å². The molecule has 0 aromatic heterocycles. The lowest BCUT2D eigenvalue weighted by Gasteiger charge is -2.45. The minimum atomic E-state index is -2.12. The molecule has 1 rings (SSSR count). The van der Waals surface area contributed by atoms with Gasteiger partial charge in [0.05, 0.1) is 12.1 Å². The monoisotopic (exact) mass is 395 g/mol. The summed E-state index contributed by atoms with van der Waals surface area (Å²) >= 11 is 0. The quantitative estimate of drug-likeness (QED) is 0.580. The molecule has 5 nitrogen and oxygen atoms in total. The number of aliphatic hydroxyl groups excluding tert-OH is 1. The lowest BCUT2D eigenvalue weighted by molar-refractivity contribution is 0.0175. The summed E-state index contributed by atoms with van der Waals surface area (Å²) in [5.74, 6) is 0.0612. The maximum absolute atomic E-state index is 12.1. The number of rotatable bonds is 9. The topological polar surface area (TPSA) is 70.0 Å². The predicted octanol–water partition coefficient (Wildman–Crippen LogP) is 4.96. The highest BCUT2D eigenvalue weighted by Gasteiger charge is 2.43. The Morgan fingerprint density at radius 1 is 1.19 bits per heavy atom. The number of carboxylic acid groups (broad SMARTS) is 1. The third-order valence-electron chi connectivity index (χ3n) is 5.53. The number of carbonyl (C=O) groups is 1. The van der Waals surface area contributed by atoms with Crippen molar-refractivity contribution in [2.24, 2.45) is 5.92 Å². The molecular weight excluding hydrogens is 358 g/mol. The van der Waals surface area contributed by atoms with Crippen molar-refractivity contribution in [1.29, 1.82) is 0 Å². The molecule has 0 saturated heterocycles. The van der Waals surface area contributed by atoms with Gasteiger partial charge in [-0.05, 0) is 36.0 Å². The highest BCUT2D eigenvalue weighted by atomic mass is 28.4. The smallest absolute Gasteiger partial charge is 0.407 e. The normalized spacial score (nSPS) is 14.9. The van der Waals surface area contributed by atoms with Crippen LogP contribution in [0, 0.1) is 5.92 Å². The summed E-state index contributed by atoms with van der Waals surface area (Å²) < 4.78 is 6.61. The lowest BCUT2D eigenvalue weighted by atomic mass is 9.94. The van der Waals surface area contributed by atoms with Crippen LogP contribution < -0.4 is 0 Å². The summed E-state index contributed by atoms with van der Waals surface area (Å²) in [6, 6.07) is 9.29. The maximum Gasteiger partial charge on any atom is 0.407 e. The Labute approximate surface area is 165 Å². The van der Waals surface area contributed by atoms with E-state index in [2.05, 4.69) is 33.9 Å². The van der Waals surface area contributed by atoms with E-state index in [9.17, 15) is 15.0 Å². The molecule has 6 heteroatoms. The largest absolute Gasteiger partial charge is 0.465 e. The van der Waals surface area contributed by atoms with Crippen LogP contribution in [0.25, 0.3) is 0 Å². The van der Waals surface area contributed by atoms with Gasteiger partial charge in [0.15, 0.2) is 8.32 Å². The van der Waals surface area contributed by atoms with Gasteiger partial charge >= 0.3 is 6.09 Å². The fourth-order valence-electron chi connectivity index (χ4n) is 3.05. The first kappa shape index (κ1) is 23.7. The van der Waals surface area contributed by atoms with Crippen LogP contribution >= 0.6 is 0 Å². The second-order valence-corrected chi connectivity index (χ2v) is 13.8. The number of aliphatic hydroxyl groups is 1. The molecule has 0 heterocycles. The standard InChI is InChI=1S/C21H37NO4Si/c1-16(2)19(18(13-14-23)26-27(6,7)21(3,4)5)22(20(24)25)15-17-11-9-8-10-12-17/h8-12,16,18-19,23H,13-15H2,1-7H3,(H,24,25)/t18?,19-/m0/s1. The molecule has 1 unspecified atom stereocenters. The summed E-state index contributed by atoms with van der Waals surface area (Å²) in [6.07, 6.45) is -0.872. The SMILES string of the molecule is CC(C)[C@@H](C(CCO)O[Si](C)(C)C(C)(C)C)N(Cc1ccccc1)C(=O)O. The second kappa shape index (κ2) is 9.71. The molecule has 2 N–H and O–H groups in total. The zero-order valence-electron chi connectivity index (χ0n) is 17.9. The van der Waals surface area contributed by atoms with Crippen molar-refractivity contribution in [3.05, 3.63) is 35.9 Å². The third kappa shape index (κ3) is 6.62. The Bertz CT molecular complexity index is 584. The number of amides is 1. The average molecular weight is 396 g/mol. The van der Waals surface area contributed by atoms with Gasteiger partial charge in [-0.2, -0.15) is 0 Å². The predicted molar refractivity (Wildman–Crippen MR) is 112 cm³/mol. The van der Waals surface area contributed by atoms with E-state index in [1.807, 2.05) is 44.2 Å². The van der Waals surface area contributed by atoms with Crippen molar-refractivity contribution < 1.29 is 19.4 Å². The van der Waals surface area contributed by atoms with Crippen LogP contribution in [0.3, 0.4) is 0 Å². The summed E-state index contributed by atoms with van der Waals surface area (Å²) in [5.41, 5.74) is 0.945. The van der Waals surface area contributed by atoms with Gasteiger partial charge in [0.25, 0.3) is 0 Å². The maximum atomic E-state index is 12.1. The fourth-order valence-corrected chi connectivity index (χ4v) is 4.42. The van der Waals surface area contributed by atoms with Crippen LogP contribution in [0.4, 0.5) is 4.79 Å². The highest BCUT2D eigenvalue weighted by Crippen LogP contribution is 2.39. The van der Waals surface area contributed by atoms with Crippen molar-refractivity contribution >= 4 is 14.4 Å². The molecular formula is C21H37NO4Si. The molecule has 1 aromatic carbocycles. The van der Waals surface area contributed by atoms with E-state index in [1.54, 1.807) is 0 Å². The molecule has 154 valence electrons. The van der Waals surface area contributed by atoms with Crippen LogP contribution in [0.2, 0.25) is 18.1 Å². The first-order valence-corrected chi connectivity index (χ1v) is 12.6. The molecule has 0 radical (unpaired) electrons. The molecule has 1 aromatic rings. The van der Waals surface area contributed by atoms with E-state index >= 15 is 0 Å². The summed E-state index contributed by atoms with van der Waals surface area (Å²) in [5, 5.41) is 19.6. The second-order valence-electron chi connectivity index (χ2n) is 9.06. The highest BCUT2D eigenvalue weighted by molar-refractivity contribution is 6.74. The van der Waals surface area contributed by atoms with Crippen molar-refractivity contribution in [1.82, 2.24) is 4.90 Å². The Morgan fingerprint density at radius 3 is 2.15 bits per heavy atom. The number of hydrogen-bond donors (Lipinski definition) is 2. The van der Waals surface area contributed by atoms with E-state index in [4.69, 9.17) is 4.43 Å². The fraction of sp³-hybridized carbons (Fsp3) is 0.667. The molecule has 0 fully saturated rings. The zero-order chi connectivity index (χ0) is 20.8. The van der Waals surface area contributed by atoms with Gasteiger partial charge in [-0.25, -0.2) is 4.79 Å². The number of benzene rings is 1. The first-order chi connectivity index (χ1) is 12.4. The molecule has 0 spiro atoms. The average Bonchev–Trinajstić information content (AvgIpc) is 2.53. The van der Waals surface area contributed by atoms with Crippen LogP contribution in [-0.2, 0) is 11.0 Å². The molecule has 0 aliphatic heterocycles. The van der Waals surface area contributed by atoms with Gasteiger partial charge in [-0.15, -0.1) is 0 Å². The summed E-state index contributed by atoms with van der Waals surface area (Å²) in [7, 11) is -2.12. The first-order valence-electron chi connectivity index (χ1n) is 9.73. The van der Waals surface area contributed by atoms with Gasteiger partial charge in [-0.1, -0.05) is 65.0 Å². The minimum absolute atomic E-state index is 0.00964. The third-order valence-corrected chi connectivity index (χ3v) is 10.0. The number of hydrogen-bond acceptors (Lipinski definition) is 3. The molecule has 0 aliphatic carbocycles. The van der Waals surface area contributed by atoms with Crippen molar-refractivity contribution in [2.75, 3.05) is 6.61 Å². The van der Waals surface area contributed by atoms with Crippen LogP contribution in [-0.4, -0.2) is 48.3 Å². The van der Waals surface area contributed by atoms with Gasteiger partial charge < -0.3 is 14.6 Å². The van der Waals surface area contributed by atoms with Gasteiger partial charge in [-0.3, -0.25) is 4.90 Å². The Balaban J connectivity index is 3.22. The Hall–Kier alpha value is -1.37.